The van der Waals surface area contributed by atoms with Crippen LogP contribution in [0.5, 0.6) is 0 Å². The summed E-state index contributed by atoms with van der Waals surface area (Å²) in [6.07, 6.45) is 4.20. The molecule has 1 N–H and O–H groups in total. The standard InChI is InChI=1S/C15H20N4S/c1-12-11-20-15(18-12)10-17-13-5-8-19(9-6-13)14-4-2-3-7-16-14/h2-4,7,11,13,17H,5-6,8-10H2,1H3. The van der Waals surface area contributed by atoms with Crippen LogP contribution in [0.1, 0.15) is 23.5 Å². The first-order chi connectivity index (χ1) is 9.81. The van der Waals surface area contributed by atoms with Gasteiger partial charge in [0.15, 0.2) is 0 Å². The molecular weight excluding hydrogens is 268 g/mol. The lowest BCUT2D eigenvalue weighted by molar-refractivity contribution is 0.412. The lowest BCUT2D eigenvalue weighted by atomic mass is 10.1. The number of nitrogens with zero attached hydrogens (tertiary/aromatic N) is 3. The minimum absolute atomic E-state index is 0.596. The molecule has 1 fully saturated rings. The highest BCUT2D eigenvalue weighted by Gasteiger charge is 2.19. The Bertz CT molecular complexity index is 532. The summed E-state index contributed by atoms with van der Waals surface area (Å²) in [6, 6.07) is 6.70. The molecule has 1 aliphatic heterocycles. The van der Waals surface area contributed by atoms with Crippen LogP contribution in [0.25, 0.3) is 0 Å². The van der Waals surface area contributed by atoms with E-state index in [2.05, 4.69) is 37.7 Å². The second-order valence-electron chi connectivity index (χ2n) is 5.21. The molecule has 20 heavy (non-hydrogen) atoms. The molecule has 106 valence electrons. The summed E-state index contributed by atoms with van der Waals surface area (Å²) in [4.78, 5) is 11.3. The second kappa shape index (κ2) is 6.33. The van der Waals surface area contributed by atoms with Crippen LogP contribution >= 0.6 is 11.3 Å². The maximum absolute atomic E-state index is 4.49. The monoisotopic (exact) mass is 288 g/mol. The predicted molar refractivity (Wildman–Crippen MR) is 83.2 cm³/mol. The third kappa shape index (κ3) is 3.35. The molecule has 0 bridgehead atoms. The van der Waals surface area contributed by atoms with Crippen LogP contribution in [0.4, 0.5) is 5.82 Å². The molecule has 1 aliphatic rings. The molecule has 0 spiro atoms. The van der Waals surface area contributed by atoms with E-state index in [1.807, 2.05) is 19.2 Å². The van der Waals surface area contributed by atoms with E-state index in [4.69, 9.17) is 0 Å². The van der Waals surface area contributed by atoms with Crippen LogP contribution < -0.4 is 10.2 Å². The summed E-state index contributed by atoms with van der Waals surface area (Å²) < 4.78 is 0. The molecule has 0 aromatic carbocycles. The molecular formula is C15H20N4S. The molecule has 1 saturated heterocycles. The third-order valence-corrected chi connectivity index (χ3v) is 4.64. The van der Waals surface area contributed by atoms with Crippen LogP contribution in [-0.2, 0) is 6.54 Å². The first-order valence-corrected chi connectivity index (χ1v) is 7.99. The van der Waals surface area contributed by atoms with Crippen molar-refractivity contribution in [2.45, 2.75) is 32.4 Å². The molecule has 2 aromatic heterocycles. The van der Waals surface area contributed by atoms with Crippen molar-refractivity contribution in [1.82, 2.24) is 15.3 Å². The minimum Gasteiger partial charge on any atom is -0.357 e. The number of hydrogen-bond acceptors (Lipinski definition) is 5. The van der Waals surface area contributed by atoms with Gasteiger partial charge in [-0.05, 0) is 31.9 Å². The fourth-order valence-electron chi connectivity index (χ4n) is 2.57. The maximum atomic E-state index is 4.49. The molecule has 0 aliphatic carbocycles. The SMILES string of the molecule is Cc1csc(CNC2CCN(c3ccccn3)CC2)n1. The summed E-state index contributed by atoms with van der Waals surface area (Å²) >= 11 is 1.74. The number of aromatic nitrogens is 2. The predicted octanol–water partition coefficient (Wildman–Crippen LogP) is 2.61. The molecule has 0 saturated carbocycles. The zero-order valence-corrected chi connectivity index (χ0v) is 12.6. The zero-order valence-electron chi connectivity index (χ0n) is 11.7. The number of hydrogen-bond donors (Lipinski definition) is 1. The number of nitrogens with one attached hydrogen (secondary N) is 1. The van der Waals surface area contributed by atoms with Gasteiger partial charge in [0.1, 0.15) is 10.8 Å². The first-order valence-electron chi connectivity index (χ1n) is 7.11. The highest BCUT2D eigenvalue weighted by molar-refractivity contribution is 7.09. The summed E-state index contributed by atoms with van der Waals surface area (Å²) in [5, 5.41) is 6.93. The number of thiazole rings is 1. The second-order valence-corrected chi connectivity index (χ2v) is 6.16. The van der Waals surface area contributed by atoms with Crippen molar-refractivity contribution in [1.29, 1.82) is 0 Å². The van der Waals surface area contributed by atoms with Gasteiger partial charge in [0.2, 0.25) is 0 Å². The van der Waals surface area contributed by atoms with Crippen molar-refractivity contribution in [2.24, 2.45) is 0 Å². The van der Waals surface area contributed by atoms with E-state index in [9.17, 15) is 0 Å². The number of aryl methyl sites for hydroxylation is 1. The highest BCUT2D eigenvalue weighted by Crippen LogP contribution is 2.18. The van der Waals surface area contributed by atoms with E-state index < -0.39 is 0 Å². The van der Waals surface area contributed by atoms with E-state index in [0.29, 0.717) is 6.04 Å². The van der Waals surface area contributed by atoms with Gasteiger partial charge >= 0.3 is 0 Å². The van der Waals surface area contributed by atoms with Crippen molar-refractivity contribution < 1.29 is 0 Å². The largest absolute Gasteiger partial charge is 0.357 e. The van der Waals surface area contributed by atoms with Gasteiger partial charge < -0.3 is 10.2 Å². The van der Waals surface area contributed by atoms with Crippen molar-refractivity contribution in [3.8, 4) is 0 Å². The van der Waals surface area contributed by atoms with Crippen molar-refractivity contribution >= 4 is 17.2 Å². The van der Waals surface area contributed by atoms with Gasteiger partial charge in [-0.2, -0.15) is 0 Å². The Morgan fingerprint density at radius 3 is 2.85 bits per heavy atom. The number of pyridine rings is 1. The van der Waals surface area contributed by atoms with Gasteiger partial charge in [-0.1, -0.05) is 6.07 Å². The van der Waals surface area contributed by atoms with E-state index >= 15 is 0 Å². The van der Waals surface area contributed by atoms with Gasteiger partial charge in [-0.25, -0.2) is 9.97 Å². The summed E-state index contributed by atoms with van der Waals surface area (Å²) in [7, 11) is 0. The third-order valence-electron chi connectivity index (χ3n) is 3.68. The Morgan fingerprint density at radius 1 is 1.35 bits per heavy atom. The summed E-state index contributed by atoms with van der Waals surface area (Å²) in [5.41, 5.74) is 1.12. The van der Waals surface area contributed by atoms with E-state index in [1.54, 1.807) is 11.3 Å². The Labute approximate surface area is 123 Å². The summed E-state index contributed by atoms with van der Waals surface area (Å²) in [6.45, 7) is 5.09. The van der Waals surface area contributed by atoms with Gasteiger partial charge in [0, 0.05) is 42.9 Å². The molecule has 2 aromatic rings. The molecule has 0 atom stereocenters. The molecule has 0 radical (unpaired) electrons. The molecule has 0 unspecified atom stereocenters. The minimum atomic E-state index is 0.596. The Balaban J connectivity index is 1.47. The normalized spacial score (nSPS) is 16.6. The van der Waals surface area contributed by atoms with Crippen LogP contribution in [0.2, 0.25) is 0 Å². The smallest absolute Gasteiger partial charge is 0.128 e. The van der Waals surface area contributed by atoms with Crippen LogP contribution in [0.15, 0.2) is 29.8 Å². The van der Waals surface area contributed by atoms with E-state index in [0.717, 1.165) is 31.1 Å². The average molecular weight is 288 g/mol. The van der Waals surface area contributed by atoms with E-state index in [1.165, 1.54) is 17.8 Å². The average Bonchev–Trinajstić information content (AvgIpc) is 2.92. The highest BCUT2D eigenvalue weighted by atomic mass is 32.1. The number of rotatable bonds is 4. The number of anilines is 1. The van der Waals surface area contributed by atoms with Gasteiger partial charge in [0.25, 0.3) is 0 Å². The van der Waals surface area contributed by atoms with E-state index in [-0.39, 0.29) is 0 Å². The van der Waals surface area contributed by atoms with Crippen LogP contribution in [-0.4, -0.2) is 29.1 Å². The van der Waals surface area contributed by atoms with Gasteiger partial charge in [0.05, 0.1) is 0 Å². The summed E-state index contributed by atoms with van der Waals surface area (Å²) in [5.74, 6) is 1.10. The molecule has 0 amide bonds. The van der Waals surface area contributed by atoms with Crippen molar-refractivity contribution in [2.75, 3.05) is 18.0 Å². The first kappa shape index (κ1) is 13.5. The maximum Gasteiger partial charge on any atom is 0.128 e. The molecule has 3 rings (SSSR count). The Morgan fingerprint density at radius 2 is 2.20 bits per heavy atom. The Hall–Kier alpha value is -1.46. The molecule has 4 nitrogen and oxygen atoms in total. The van der Waals surface area contributed by atoms with Crippen LogP contribution in [0.3, 0.4) is 0 Å². The Kier molecular flexibility index (Phi) is 4.28. The topological polar surface area (TPSA) is 41.0 Å². The fraction of sp³-hybridized carbons (Fsp3) is 0.467. The van der Waals surface area contributed by atoms with Crippen molar-refractivity contribution in [3.05, 3.63) is 40.5 Å². The van der Waals surface area contributed by atoms with Gasteiger partial charge in [-0.15, -0.1) is 11.3 Å². The quantitative estimate of drug-likeness (QED) is 0.939. The van der Waals surface area contributed by atoms with Gasteiger partial charge in [-0.3, -0.25) is 0 Å². The lowest BCUT2D eigenvalue weighted by Crippen LogP contribution is -2.42. The lowest BCUT2D eigenvalue weighted by Gasteiger charge is -2.33. The number of piperidine rings is 1. The van der Waals surface area contributed by atoms with Crippen molar-refractivity contribution in [3.63, 3.8) is 0 Å². The molecule has 5 heteroatoms. The zero-order chi connectivity index (χ0) is 13.8. The molecule has 3 heterocycles. The fourth-order valence-corrected chi connectivity index (χ4v) is 3.29. The van der Waals surface area contributed by atoms with Crippen LogP contribution in [0, 0.1) is 6.92 Å².